The minimum absolute atomic E-state index is 0.0171. The molecule has 1 aromatic heterocycles. The van der Waals surface area contributed by atoms with Crippen LogP contribution in [0.1, 0.15) is 24.2 Å². The van der Waals surface area contributed by atoms with Gasteiger partial charge in [-0.05, 0) is 41.5 Å². The molecule has 0 unspecified atom stereocenters. The molecule has 0 aliphatic carbocycles. The van der Waals surface area contributed by atoms with Crippen molar-refractivity contribution in [3.63, 3.8) is 0 Å². The van der Waals surface area contributed by atoms with E-state index in [4.69, 9.17) is 0 Å². The molecular weight excluding hydrogens is 312 g/mol. The number of benzene rings is 2. The van der Waals surface area contributed by atoms with E-state index in [1.807, 2.05) is 13.8 Å². The van der Waals surface area contributed by atoms with Gasteiger partial charge in [0.25, 0.3) is 0 Å². The number of aromatic nitrogens is 1. The van der Waals surface area contributed by atoms with Gasteiger partial charge in [0.2, 0.25) is 0 Å². The van der Waals surface area contributed by atoms with Crippen LogP contribution in [0, 0.1) is 17.6 Å². The predicted molar refractivity (Wildman–Crippen MR) is 87.9 cm³/mol. The van der Waals surface area contributed by atoms with Crippen LogP contribution in [-0.2, 0) is 0 Å². The van der Waals surface area contributed by atoms with Crippen LogP contribution in [0.2, 0.25) is 0 Å². The third-order valence-corrected chi connectivity index (χ3v) is 3.84. The second-order valence-corrected chi connectivity index (χ2v) is 5.94. The third kappa shape index (κ3) is 2.85. The summed E-state index contributed by atoms with van der Waals surface area (Å²) in [6.07, 6.45) is 1.53. The van der Waals surface area contributed by atoms with E-state index in [0.717, 1.165) is 12.1 Å². The number of phenols is 1. The lowest BCUT2D eigenvalue weighted by Gasteiger charge is -2.08. The Morgan fingerprint density at radius 3 is 2.33 bits per heavy atom. The van der Waals surface area contributed by atoms with Crippen LogP contribution in [0.4, 0.5) is 8.78 Å². The molecule has 0 atom stereocenters. The Morgan fingerprint density at radius 1 is 1.04 bits per heavy atom. The molecule has 0 fully saturated rings. The van der Waals surface area contributed by atoms with Gasteiger partial charge < -0.3 is 5.11 Å². The number of carbonyl (C=O) groups is 1. The summed E-state index contributed by atoms with van der Waals surface area (Å²) in [6, 6.07) is 8.97. The maximum atomic E-state index is 13.6. The molecule has 3 rings (SSSR count). The quantitative estimate of drug-likeness (QED) is 0.708. The van der Waals surface area contributed by atoms with Crippen LogP contribution in [0.15, 0.2) is 42.6 Å². The Balaban J connectivity index is 2.12. The SMILES string of the molecule is CC(C)C(=O)c1cnc2ccc(-c3cc(F)c(O)c(F)c3)cc2c1. The lowest BCUT2D eigenvalue weighted by atomic mass is 9.99. The first-order valence-corrected chi connectivity index (χ1v) is 7.49. The molecule has 0 spiro atoms. The van der Waals surface area contributed by atoms with Crippen LogP contribution >= 0.6 is 0 Å². The Morgan fingerprint density at radius 2 is 1.71 bits per heavy atom. The molecule has 0 aliphatic rings. The highest BCUT2D eigenvalue weighted by molar-refractivity contribution is 6.00. The summed E-state index contributed by atoms with van der Waals surface area (Å²) >= 11 is 0. The minimum atomic E-state index is -1.02. The zero-order chi connectivity index (χ0) is 17.4. The maximum absolute atomic E-state index is 13.6. The molecule has 0 amide bonds. The van der Waals surface area contributed by atoms with E-state index in [1.54, 1.807) is 24.3 Å². The summed E-state index contributed by atoms with van der Waals surface area (Å²) in [5.41, 5.74) is 2.04. The molecule has 0 aliphatic heterocycles. The van der Waals surface area contributed by atoms with Crippen LogP contribution in [0.5, 0.6) is 5.75 Å². The van der Waals surface area contributed by atoms with Crippen LogP contribution in [0.25, 0.3) is 22.0 Å². The van der Waals surface area contributed by atoms with Gasteiger partial charge in [0.1, 0.15) is 0 Å². The Hall–Kier alpha value is -2.82. The van der Waals surface area contributed by atoms with Gasteiger partial charge in [-0.1, -0.05) is 19.9 Å². The van der Waals surface area contributed by atoms with Crippen molar-refractivity contribution in [1.82, 2.24) is 4.98 Å². The van der Waals surface area contributed by atoms with Crippen molar-refractivity contribution >= 4 is 16.7 Å². The molecule has 0 bridgehead atoms. The second-order valence-electron chi connectivity index (χ2n) is 5.94. The van der Waals surface area contributed by atoms with E-state index in [-0.39, 0.29) is 11.7 Å². The first kappa shape index (κ1) is 16.1. The summed E-state index contributed by atoms with van der Waals surface area (Å²) < 4.78 is 27.1. The van der Waals surface area contributed by atoms with E-state index in [1.165, 1.54) is 6.20 Å². The number of ketones is 1. The number of hydrogen-bond donors (Lipinski definition) is 1. The molecular formula is C19H15F2NO2. The monoisotopic (exact) mass is 327 g/mol. The molecule has 122 valence electrons. The Bertz CT molecular complexity index is 928. The first-order valence-electron chi connectivity index (χ1n) is 7.49. The highest BCUT2D eigenvalue weighted by Gasteiger charge is 2.13. The standard InChI is InChI=1S/C19H15F2NO2/c1-10(2)18(23)14-6-13-5-11(3-4-17(13)22-9-14)12-7-15(20)19(24)16(21)8-12/h3-10,24H,1-2H3. The number of nitrogens with zero attached hydrogens (tertiary/aromatic N) is 1. The van der Waals surface area contributed by atoms with Gasteiger partial charge >= 0.3 is 0 Å². The zero-order valence-electron chi connectivity index (χ0n) is 13.2. The smallest absolute Gasteiger partial charge is 0.187 e. The largest absolute Gasteiger partial charge is 0.503 e. The van der Waals surface area contributed by atoms with E-state index < -0.39 is 17.4 Å². The molecule has 1 N–H and O–H groups in total. The summed E-state index contributed by atoms with van der Waals surface area (Å²) in [4.78, 5) is 16.4. The Labute approximate surface area is 137 Å². The van der Waals surface area contributed by atoms with Gasteiger partial charge in [-0.2, -0.15) is 0 Å². The molecule has 3 aromatic rings. The molecule has 3 nitrogen and oxygen atoms in total. The molecule has 0 saturated heterocycles. The van der Waals surface area contributed by atoms with Crippen LogP contribution < -0.4 is 0 Å². The summed E-state index contributed by atoms with van der Waals surface area (Å²) in [6.45, 7) is 3.62. The lowest BCUT2D eigenvalue weighted by Crippen LogP contribution is -2.07. The maximum Gasteiger partial charge on any atom is 0.187 e. The number of phenolic OH excluding ortho intramolecular Hbond substituents is 1. The van der Waals surface area contributed by atoms with Gasteiger partial charge in [0, 0.05) is 23.1 Å². The number of carbonyl (C=O) groups excluding carboxylic acids is 1. The van der Waals surface area contributed by atoms with Crippen molar-refractivity contribution in [2.75, 3.05) is 0 Å². The predicted octanol–water partition coefficient (Wildman–Crippen LogP) is 4.72. The fourth-order valence-corrected chi connectivity index (χ4v) is 2.51. The van der Waals surface area contributed by atoms with E-state index >= 15 is 0 Å². The second kappa shape index (κ2) is 6.00. The van der Waals surface area contributed by atoms with Crippen LogP contribution in [0.3, 0.4) is 0 Å². The highest BCUT2D eigenvalue weighted by Crippen LogP contribution is 2.30. The topological polar surface area (TPSA) is 50.2 Å². The van der Waals surface area contributed by atoms with E-state index in [2.05, 4.69) is 4.98 Å². The first-order chi connectivity index (χ1) is 11.4. The zero-order valence-corrected chi connectivity index (χ0v) is 13.2. The average molecular weight is 327 g/mol. The molecule has 5 heteroatoms. The van der Waals surface area contributed by atoms with E-state index in [9.17, 15) is 18.7 Å². The number of rotatable bonds is 3. The van der Waals surface area contributed by atoms with Crippen molar-refractivity contribution in [2.45, 2.75) is 13.8 Å². The van der Waals surface area contributed by atoms with Crippen molar-refractivity contribution < 1.29 is 18.7 Å². The Kier molecular flexibility index (Phi) is 4.01. The normalized spacial score (nSPS) is 11.2. The van der Waals surface area contributed by atoms with Crippen LogP contribution in [-0.4, -0.2) is 15.9 Å². The lowest BCUT2D eigenvalue weighted by molar-refractivity contribution is 0.0939. The number of aromatic hydroxyl groups is 1. The average Bonchev–Trinajstić information content (AvgIpc) is 2.57. The van der Waals surface area contributed by atoms with Gasteiger partial charge in [0.15, 0.2) is 23.2 Å². The van der Waals surface area contributed by atoms with Gasteiger partial charge in [-0.25, -0.2) is 8.78 Å². The molecule has 0 saturated carbocycles. The van der Waals surface area contributed by atoms with Gasteiger partial charge in [-0.15, -0.1) is 0 Å². The third-order valence-electron chi connectivity index (χ3n) is 3.84. The minimum Gasteiger partial charge on any atom is -0.503 e. The number of Topliss-reactive ketones (excluding diaryl/α,β-unsaturated/α-hetero) is 1. The van der Waals surface area contributed by atoms with Crippen molar-refractivity contribution in [3.05, 3.63) is 59.8 Å². The summed E-state index contributed by atoms with van der Waals surface area (Å²) in [5, 5.41) is 9.90. The molecule has 0 radical (unpaired) electrons. The molecule has 1 heterocycles. The van der Waals surface area contributed by atoms with Crippen molar-refractivity contribution in [2.24, 2.45) is 5.92 Å². The van der Waals surface area contributed by atoms with E-state index in [0.29, 0.717) is 27.6 Å². The molecule has 24 heavy (non-hydrogen) atoms. The van der Waals surface area contributed by atoms with Gasteiger partial charge in [-0.3, -0.25) is 9.78 Å². The highest BCUT2D eigenvalue weighted by atomic mass is 19.1. The fraction of sp³-hybridized carbons (Fsp3) is 0.158. The molecule has 2 aromatic carbocycles. The number of halogens is 2. The summed E-state index contributed by atoms with van der Waals surface area (Å²) in [7, 11) is 0. The number of fused-ring (bicyclic) bond motifs is 1. The van der Waals surface area contributed by atoms with Gasteiger partial charge in [0.05, 0.1) is 5.52 Å². The summed E-state index contributed by atoms with van der Waals surface area (Å²) in [5.74, 6) is -3.20. The fourth-order valence-electron chi connectivity index (χ4n) is 2.51. The van der Waals surface area contributed by atoms with Crippen molar-refractivity contribution in [1.29, 1.82) is 0 Å². The van der Waals surface area contributed by atoms with Crippen molar-refractivity contribution in [3.8, 4) is 16.9 Å². The number of hydrogen-bond acceptors (Lipinski definition) is 3. The number of pyridine rings is 1.